The first-order valence-corrected chi connectivity index (χ1v) is 6.69. The predicted molar refractivity (Wildman–Crippen MR) is 79.0 cm³/mol. The molecule has 0 saturated carbocycles. The molecule has 0 aliphatic heterocycles. The molecule has 2 N–H and O–H groups in total. The molecule has 1 amide bonds. The highest BCUT2D eigenvalue weighted by Crippen LogP contribution is 2.24. The van der Waals surface area contributed by atoms with Gasteiger partial charge in [-0.15, -0.1) is 0 Å². The van der Waals surface area contributed by atoms with Crippen molar-refractivity contribution in [1.29, 1.82) is 0 Å². The summed E-state index contributed by atoms with van der Waals surface area (Å²) >= 11 is 5.87. The lowest BCUT2D eigenvalue weighted by atomic mass is 10.1. The molecule has 110 valence electrons. The van der Waals surface area contributed by atoms with Crippen LogP contribution in [0.4, 0.5) is 5.69 Å². The molecular weight excluding hydrogens is 294 g/mol. The van der Waals surface area contributed by atoms with E-state index in [0.29, 0.717) is 17.9 Å². The number of amides is 1. The normalized spacial score (nSPS) is 10.4. The fourth-order valence-corrected chi connectivity index (χ4v) is 2.26. The third-order valence-corrected chi connectivity index (χ3v) is 3.22. The lowest BCUT2D eigenvalue weighted by molar-refractivity contribution is 0.0698. The average molecular weight is 308 g/mol. The molecule has 1 aromatic heterocycles. The number of carbonyl (C=O) groups excluding carboxylic acids is 1. The Hall–Kier alpha value is -2.34. The Morgan fingerprint density at radius 2 is 2.14 bits per heavy atom. The van der Waals surface area contributed by atoms with E-state index in [1.165, 1.54) is 12.1 Å². The Kier molecular flexibility index (Phi) is 4.28. The first-order valence-electron chi connectivity index (χ1n) is 6.31. The maximum atomic E-state index is 12.3. The number of nitrogens with one attached hydrogen (secondary N) is 1. The SMILES string of the molecule is CCn1nc(C)cc1C(=O)Nc1cccc(Cl)c1C(=O)O. The van der Waals surface area contributed by atoms with Crippen LogP contribution >= 0.6 is 11.6 Å². The number of benzene rings is 1. The third kappa shape index (κ3) is 3.05. The average Bonchev–Trinajstić information content (AvgIpc) is 2.79. The van der Waals surface area contributed by atoms with E-state index in [2.05, 4.69) is 10.4 Å². The van der Waals surface area contributed by atoms with Gasteiger partial charge in [-0.05, 0) is 32.0 Å². The van der Waals surface area contributed by atoms with Gasteiger partial charge in [-0.25, -0.2) is 4.79 Å². The number of rotatable bonds is 4. The Labute approximate surface area is 126 Å². The second-order valence-corrected chi connectivity index (χ2v) is 4.82. The largest absolute Gasteiger partial charge is 0.478 e. The minimum absolute atomic E-state index is 0.0699. The van der Waals surface area contributed by atoms with Gasteiger partial charge < -0.3 is 10.4 Å². The van der Waals surface area contributed by atoms with Crippen molar-refractivity contribution >= 4 is 29.2 Å². The van der Waals surface area contributed by atoms with E-state index in [1.54, 1.807) is 23.7 Å². The van der Waals surface area contributed by atoms with E-state index >= 15 is 0 Å². The molecule has 0 fully saturated rings. The summed E-state index contributed by atoms with van der Waals surface area (Å²) in [5.41, 5.74) is 1.10. The van der Waals surface area contributed by atoms with Gasteiger partial charge in [0.05, 0.1) is 16.4 Å². The molecule has 0 aliphatic carbocycles. The highest BCUT2D eigenvalue weighted by Gasteiger charge is 2.19. The Morgan fingerprint density at radius 1 is 1.43 bits per heavy atom. The number of anilines is 1. The van der Waals surface area contributed by atoms with Crippen LogP contribution in [0.2, 0.25) is 5.02 Å². The van der Waals surface area contributed by atoms with Crippen molar-refractivity contribution in [3.8, 4) is 0 Å². The number of hydrogen-bond acceptors (Lipinski definition) is 3. The van der Waals surface area contributed by atoms with Crippen molar-refractivity contribution < 1.29 is 14.7 Å². The zero-order valence-electron chi connectivity index (χ0n) is 11.6. The molecule has 0 unspecified atom stereocenters. The molecule has 0 bridgehead atoms. The number of carbonyl (C=O) groups is 2. The van der Waals surface area contributed by atoms with Gasteiger partial charge in [0.25, 0.3) is 5.91 Å². The van der Waals surface area contributed by atoms with Crippen LogP contribution < -0.4 is 5.32 Å². The molecule has 2 rings (SSSR count). The van der Waals surface area contributed by atoms with Crippen LogP contribution in [0.5, 0.6) is 0 Å². The van der Waals surface area contributed by atoms with Gasteiger partial charge >= 0.3 is 5.97 Å². The van der Waals surface area contributed by atoms with E-state index in [9.17, 15) is 14.7 Å². The summed E-state index contributed by atoms with van der Waals surface area (Å²) in [6.07, 6.45) is 0. The summed E-state index contributed by atoms with van der Waals surface area (Å²) in [4.78, 5) is 23.5. The van der Waals surface area contributed by atoms with Crippen molar-refractivity contribution in [2.24, 2.45) is 0 Å². The second kappa shape index (κ2) is 5.97. The zero-order valence-corrected chi connectivity index (χ0v) is 12.3. The molecule has 2 aromatic rings. The highest BCUT2D eigenvalue weighted by molar-refractivity contribution is 6.34. The molecule has 1 aromatic carbocycles. The van der Waals surface area contributed by atoms with Crippen LogP contribution in [0.3, 0.4) is 0 Å². The molecule has 0 spiro atoms. The lowest BCUT2D eigenvalue weighted by Crippen LogP contribution is -2.19. The van der Waals surface area contributed by atoms with Crippen molar-refractivity contribution in [3.63, 3.8) is 0 Å². The predicted octanol–water partition coefficient (Wildman–Crippen LogP) is 2.82. The summed E-state index contributed by atoms with van der Waals surface area (Å²) in [5.74, 6) is -1.63. The standard InChI is InChI=1S/C14H14ClN3O3/c1-3-18-11(7-8(2)17-18)13(19)16-10-6-4-5-9(15)12(10)14(20)21/h4-7H,3H2,1-2H3,(H,16,19)(H,20,21). The number of aryl methyl sites for hydroxylation is 2. The summed E-state index contributed by atoms with van der Waals surface area (Å²) in [6, 6.07) is 6.17. The maximum absolute atomic E-state index is 12.3. The fourth-order valence-electron chi connectivity index (χ4n) is 2.00. The third-order valence-electron chi connectivity index (χ3n) is 2.91. The maximum Gasteiger partial charge on any atom is 0.339 e. The van der Waals surface area contributed by atoms with Gasteiger partial charge in [-0.1, -0.05) is 17.7 Å². The summed E-state index contributed by atoms with van der Waals surface area (Å²) in [7, 11) is 0. The van der Waals surface area contributed by atoms with Crippen LogP contribution in [0.25, 0.3) is 0 Å². The van der Waals surface area contributed by atoms with Crippen LogP contribution in [0, 0.1) is 6.92 Å². The van der Waals surface area contributed by atoms with Gasteiger partial charge in [0, 0.05) is 6.54 Å². The van der Waals surface area contributed by atoms with Crippen LogP contribution in [-0.2, 0) is 6.54 Å². The van der Waals surface area contributed by atoms with Crippen LogP contribution in [0.1, 0.15) is 33.5 Å². The van der Waals surface area contributed by atoms with Crippen molar-refractivity contribution in [1.82, 2.24) is 9.78 Å². The van der Waals surface area contributed by atoms with Crippen molar-refractivity contribution in [2.45, 2.75) is 20.4 Å². The quantitative estimate of drug-likeness (QED) is 0.909. The summed E-state index contributed by atoms with van der Waals surface area (Å²) in [5, 5.41) is 16.0. The first kappa shape index (κ1) is 15.1. The van der Waals surface area contributed by atoms with Crippen LogP contribution in [-0.4, -0.2) is 26.8 Å². The number of aromatic carboxylic acids is 1. The number of nitrogens with zero attached hydrogens (tertiary/aromatic N) is 2. The van der Waals surface area contributed by atoms with E-state index in [1.807, 2.05) is 6.92 Å². The number of carboxylic acid groups (broad SMARTS) is 1. The zero-order chi connectivity index (χ0) is 15.6. The lowest BCUT2D eigenvalue weighted by Gasteiger charge is -2.10. The number of carboxylic acids is 1. The summed E-state index contributed by atoms with van der Waals surface area (Å²) < 4.78 is 1.55. The highest BCUT2D eigenvalue weighted by atomic mass is 35.5. The van der Waals surface area contributed by atoms with Gasteiger partial charge in [0.1, 0.15) is 11.3 Å². The van der Waals surface area contributed by atoms with Gasteiger partial charge in [-0.3, -0.25) is 9.48 Å². The molecule has 0 aliphatic rings. The molecular formula is C14H14ClN3O3. The van der Waals surface area contributed by atoms with Gasteiger partial charge in [0.15, 0.2) is 0 Å². The molecule has 0 radical (unpaired) electrons. The molecule has 7 heteroatoms. The second-order valence-electron chi connectivity index (χ2n) is 4.41. The molecule has 0 atom stereocenters. The Bertz CT molecular complexity index is 709. The van der Waals surface area contributed by atoms with E-state index in [0.717, 1.165) is 0 Å². The monoisotopic (exact) mass is 307 g/mol. The van der Waals surface area contributed by atoms with E-state index in [4.69, 9.17) is 11.6 Å². The molecule has 21 heavy (non-hydrogen) atoms. The van der Waals surface area contributed by atoms with Crippen molar-refractivity contribution in [2.75, 3.05) is 5.32 Å². The first-order chi connectivity index (χ1) is 9.93. The molecule has 6 nitrogen and oxygen atoms in total. The Balaban J connectivity index is 2.36. The minimum Gasteiger partial charge on any atom is -0.478 e. The fraction of sp³-hybridized carbons (Fsp3) is 0.214. The number of halogens is 1. The summed E-state index contributed by atoms with van der Waals surface area (Å²) in [6.45, 7) is 4.19. The topological polar surface area (TPSA) is 84.2 Å². The van der Waals surface area contributed by atoms with Crippen LogP contribution in [0.15, 0.2) is 24.3 Å². The van der Waals surface area contributed by atoms with E-state index in [-0.39, 0.29) is 16.3 Å². The molecule has 1 heterocycles. The van der Waals surface area contributed by atoms with E-state index < -0.39 is 11.9 Å². The van der Waals surface area contributed by atoms with Gasteiger partial charge in [-0.2, -0.15) is 5.10 Å². The number of aromatic nitrogens is 2. The van der Waals surface area contributed by atoms with Crippen molar-refractivity contribution in [3.05, 3.63) is 46.2 Å². The minimum atomic E-state index is -1.20. The number of hydrogen-bond donors (Lipinski definition) is 2. The Morgan fingerprint density at radius 3 is 2.76 bits per heavy atom. The molecule has 0 saturated heterocycles. The van der Waals surface area contributed by atoms with Gasteiger partial charge in [0.2, 0.25) is 0 Å². The smallest absolute Gasteiger partial charge is 0.339 e.